The summed E-state index contributed by atoms with van der Waals surface area (Å²) in [5.74, 6) is -4.86. The van der Waals surface area contributed by atoms with Crippen LogP contribution in [-0.2, 0) is 33.3 Å². The lowest BCUT2D eigenvalue weighted by molar-refractivity contribution is -0.465. The molecule has 2 saturated carbocycles. The van der Waals surface area contributed by atoms with Gasteiger partial charge in [-0.25, -0.2) is 0 Å². The number of furan rings is 1. The summed E-state index contributed by atoms with van der Waals surface area (Å²) in [4.78, 5) is 38.1. The van der Waals surface area contributed by atoms with Crippen molar-refractivity contribution in [2.75, 3.05) is 13.7 Å². The van der Waals surface area contributed by atoms with Crippen LogP contribution < -0.4 is 0 Å². The van der Waals surface area contributed by atoms with E-state index in [9.17, 15) is 24.6 Å². The predicted octanol–water partition coefficient (Wildman–Crippen LogP) is 2.83. The molecule has 0 radical (unpaired) electrons. The Kier molecular flexibility index (Phi) is 5.56. The molecule has 0 spiro atoms. The van der Waals surface area contributed by atoms with E-state index in [1.807, 2.05) is 13.8 Å². The molecule has 4 bridgehead atoms. The number of methoxy groups -OCH3 is 1. The lowest BCUT2D eigenvalue weighted by Gasteiger charge is -2.75. The second kappa shape index (κ2) is 8.17. The third kappa shape index (κ3) is 3.11. The first-order valence-corrected chi connectivity index (χ1v) is 13.5. The molecule has 1 aromatic heterocycles. The van der Waals surface area contributed by atoms with Gasteiger partial charge >= 0.3 is 17.9 Å². The highest BCUT2D eigenvalue weighted by Crippen LogP contribution is 2.75. The van der Waals surface area contributed by atoms with Gasteiger partial charge in [0.1, 0.15) is 12.2 Å². The zero-order valence-corrected chi connectivity index (χ0v) is 22.9. The zero-order chi connectivity index (χ0) is 28.2. The molecule has 10 nitrogen and oxygen atoms in total. The maximum Gasteiger partial charge on any atom is 0.307 e. The van der Waals surface area contributed by atoms with Crippen molar-refractivity contribution in [2.45, 2.75) is 77.0 Å². The summed E-state index contributed by atoms with van der Waals surface area (Å²) < 4.78 is 28.2. The Morgan fingerprint density at radius 1 is 1.15 bits per heavy atom. The molecule has 2 N–H and O–H groups in total. The molecule has 0 amide bonds. The van der Waals surface area contributed by atoms with Gasteiger partial charge in [0.2, 0.25) is 5.79 Å². The highest BCUT2D eigenvalue weighted by atomic mass is 16.7. The van der Waals surface area contributed by atoms with Gasteiger partial charge in [-0.15, -0.1) is 0 Å². The minimum absolute atomic E-state index is 0.0209. The number of esters is 3. The van der Waals surface area contributed by atoms with Crippen molar-refractivity contribution in [3.63, 3.8) is 0 Å². The zero-order valence-electron chi connectivity index (χ0n) is 22.9. The Labute approximate surface area is 226 Å². The van der Waals surface area contributed by atoms with Gasteiger partial charge in [0.25, 0.3) is 0 Å². The molecule has 4 heterocycles. The van der Waals surface area contributed by atoms with Crippen LogP contribution in [0.2, 0.25) is 0 Å². The fraction of sp³-hybridized carbons (Fsp3) is 0.690. The molecule has 3 aliphatic carbocycles. The number of ether oxygens (including phenoxy) is 4. The molecule has 3 saturated heterocycles. The van der Waals surface area contributed by atoms with Gasteiger partial charge in [-0.05, 0) is 42.7 Å². The summed E-state index contributed by atoms with van der Waals surface area (Å²) in [7, 11) is 1.31. The Hall–Kier alpha value is -2.69. The number of carbonyl (C=O) groups is 3. The molecular formula is C29H36O10. The number of cyclic esters (lactones) is 1. The van der Waals surface area contributed by atoms with Crippen molar-refractivity contribution in [2.24, 2.45) is 34.0 Å². The van der Waals surface area contributed by atoms with E-state index in [-0.39, 0.29) is 37.3 Å². The smallest absolute Gasteiger partial charge is 0.307 e. The number of hydrogen-bond acceptors (Lipinski definition) is 10. The quantitative estimate of drug-likeness (QED) is 0.330. The van der Waals surface area contributed by atoms with Crippen molar-refractivity contribution < 1.29 is 48.0 Å². The third-order valence-corrected chi connectivity index (χ3v) is 11.0. The van der Waals surface area contributed by atoms with Gasteiger partial charge in [0, 0.05) is 35.2 Å². The fourth-order valence-electron chi connectivity index (χ4n) is 9.20. The van der Waals surface area contributed by atoms with Crippen molar-refractivity contribution in [1.82, 2.24) is 0 Å². The maximum absolute atomic E-state index is 13.0. The van der Waals surface area contributed by atoms with Gasteiger partial charge < -0.3 is 33.6 Å². The van der Waals surface area contributed by atoms with Crippen LogP contribution in [0.4, 0.5) is 0 Å². The normalized spacial score (nSPS) is 47.8. The van der Waals surface area contributed by atoms with Crippen molar-refractivity contribution in [1.29, 1.82) is 0 Å². The molecule has 1 aromatic rings. The van der Waals surface area contributed by atoms with Crippen LogP contribution >= 0.6 is 0 Å². The van der Waals surface area contributed by atoms with Gasteiger partial charge in [0.15, 0.2) is 5.60 Å². The Balaban J connectivity index is 1.56. The minimum atomic E-state index is -2.16. The molecule has 10 heteroatoms. The van der Waals surface area contributed by atoms with E-state index in [1.54, 1.807) is 24.7 Å². The fourth-order valence-corrected chi connectivity index (χ4v) is 9.20. The molecule has 7 rings (SSSR count). The monoisotopic (exact) mass is 544 g/mol. The first-order chi connectivity index (χ1) is 18.3. The number of fused-ring (bicyclic) bond motifs is 4. The molecule has 5 fully saturated rings. The lowest BCUT2D eigenvalue weighted by atomic mass is 9.36. The van der Waals surface area contributed by atoms with Gasteiger partial charge in [-0.1, -0.05) is 26.3 Å². The summed E-state index contributed by atoms with van der Waals surface area (Å²) in [5.41, 5.74) is -3.28. The van der Waals surface area contributed by atoms with E-state index >= 15 is 0 Å². The summed E-state index contributed by atoms with van der Waals surface area (Å²) in [6.45, 7) is 6.98. The van der Waals surface area contributed by atoms with E-state index in [4.69, 9.17) is 23.4 Å². The van der Waals surface area contributed by atoms with Crippen LogP contribution in [0, 0.1) is 34.0 Å². The van der Waals surface area contributed by atoms with Crippen molar-refractivity contribution >= 4 is 17.9 Å². The average molecular weight is 545 g/mol. The number of hydrogen-bond donors (Lipinski definition) is 2. The van der Waals surface area contributed by atoms with Crippen LogP contribution in [0.3, 0.4) is 0 Å². The SMILES string of the molecule is COC(=O)CC1C2(C)COC3(O)C(O)(C=C4C5CC(=O)OC(c6ccoc6)C5(C)CCC4C13C)C2OC(C)=O. The molecule has 3 aliphatic heterocycles. The standard InChI is InChI=1S/C29H36O10/c1-15(30)38-24-26(3)14-37-29(34)27(4,20(26)11-21(31)35-5)18-6-8-25(2)19(17(18)12-28(24,29)33)10-22(32)39-23(25)16-7-9-36-13-16/h7,9,12-13,18-20,23-24,33-34H,6,8,10-11,14H2,1-5H3. The average Bonchev–Trinajstić information content (AvgIpc) is 3.41. The summed E-state index contributed by atoms with van der Waals surface area (Å²) in [6, 6.07) is 1.79. The van der Waals surface area contributed by atoms with E-state index < -0.39 is 57.7 Å². The molecule has 10 unspecified atom stereocenters. The third-order valence-electron chi connectivity index (χ3n) is 11.0. The minimum Gasteiger partial charge on any atom is -0.472 e. The number of carbonyl (C=O) groups excluding carboxylic acids is 3. The molecule has 6 aliphatic rings. The Morgan fingerprint density at radius 3 is 2.54 bits per heavy atom. The highest BCUT2D eigenvalue weighted by molar-refractivity contribution is 5.73. The highest BCUT2D eigenvalue weighted by Gasteiger charge is 2.84. The van der Waals surface area contributed by atoms with E-state index in [0.29, 0.717) is 12.8 Å². The maximum atomic E-state index is 13.0. The summed E-state index contributed by atoms with van der Waals surface area (Å²) >= 11 is 0. The largest absolute Gasteiger partial charge is 0.472 e. The van der Waals surface area contributed by atoms with Crippen LogP contribution in [0.25, 0.3) is 0 Å². The van der Waals surface area contributed by atoms with Gasteiger partial charge in [-0.2, -0.15) is 0 Å². The molecular weight excluding hydrogens is 508 g/mol. The van der Waals surface area contributed by atoms with Crippen LogP contribution in [0.5, 0.6) is 0 Å². The van der Waals surface area contributed by atoms with Gasteiger partial charge in [-0.3, -0.25) is 14.4 Å². The van der Waals surface area contributed by atoms with Crippen LogP contribution in [0.15, 0.2) is 34.7 Å². The van der Waals surface area contributed by atoms with Crippen LogP contribution in [0.1, 0.15) is 65.0 Å². The van der Waals surface area contributed by atoms with Gasteiger partial charge in [0.05, 0.1) is 32.7 Å². The topological polar surface area (TPSA) is 142 Å². The second-order valence-electron chi connectivity index (χ2n) is 12.8. The predicted molar refractivity (Wildman–Crippen MR) is 132 cm³/mol. The van der Waals surface area contributed by atoms with E-state index in [2.05, 4.69) is 6.92 Å². The number of rotatable bonds is 4. The first-order valence-electron chi connectivity index (χ1n) is 13.5. The molecule has 212 valence electrons. The molecule has 10 atom stereocenters. The number of allylic oxidation sites excluding steroid dienone is 1. The second-order valence-corrected chi connectivity index (χ2v) is 12.8. The lowest BCUT2D eigenvalue weighted by Crippen LogP contribution is -2.87. The summed E-state index contributed by atoms with van der Waals surface area (Å²) in [6.07, 6.45) is 4.24. The van der Waals surface area contributed by atoms with Crippen molar-refractivity contribution in [3.8, 4) is 0 Å². The van der Waals surface area contributed by atoms with Crippen LogP contribution in [-0.4, -0.2) is 59.3 Å². The van der Waals surface area contributed by atoms with E-state index in [0.717, 1.165) is 11.1 Å². The van der Waals surface area contributed by atoms with Crippen molar-refractivity contribution in [3.05, 3.63) is 35.8 Å². The Morgan fingerprint density at radius 2 is 1.90 bits per heavy atom. The molecule has 39 heavy (non-hydrogen) atoms. The Bertz CT molecular complexity index is 1250. The van der Waals surface area contributed by atoms with E-state index in [1.165, 1.54) is 14.0 Å². The summed E-state index contributed by atoms with van der Waals surface area (Å²) in [5, 5.41) is 24.8. The molecule has 0 aromatic carbocycles. The first kappa shape index (κ1) is 26.5. The number of aliphatic hydroxyl groups is 2.